The predicted molar refractivity (Wildman–Crippen MR) is 51.0 cm³/mol. The molecule has 1 saturated heterocycles. The second-order valence-electron chi connectivity index (χ2n) is 3.34. The smallest absolute Gasteiger partial charge is 0.227 e. The number of rotatable bonds is 2. The first kappa shape index (κ1) is 11.4. The fourth-order valence-electron chi connectivity index (χ4n) is 1.46. The van der Waals surface area contributed by atoms with E-state index in [9.17, 15) is 8.42 Å². The average molecular weight is 218 g/mol. The molecule has 0 saturated carbocycles. The first-order valence-corrected chi connectivity index (χ1v) is 6.08. The number of ether oxygens (including phenoxy) is 1. The number of hydrogen-bond acceptors (Lipinski definition) is 4. The van der Waals surface area contributed by atoms with Crippen LogP contribution in [0.5, 0.6) is 0 Å². The summed E-state index contributed by atoms with van der Waals surface area (Å²) in [5, 5.41) is 8.40. The lowest BCUT2D eigenvalue weighted by atomic mass is 10.2. The third kappa shape index (κ3) is 2.23. The topological polar surface area (TPSA) is 70.4 Å². The van der Waals surface area contributed by atoms with E-state index in [4.69, 9.17) is 10.00 Å². The Labute approximate surface area is 84.3 Å². The second-order valence-corrected chi connectivity index (χ2v) is 5.26. The van der Waals surface area contributed by atoms with Crippen LogP contribution in [0.1, 0.15) is 13.8 Å². The normalized spacial score (nSPS) is 29.8. The molecule has 2 unspecified atom stereocenters. The van der Waals surface area contributed by atoms with Gasteiger partial charge in [-0.3, -0.25) is 0 Å². The van der Waals surface area contributed by atoms with E-state index in [1.807, 2.05) is 6.92 Å². The van der Waals surface area contributed by atoms with Crippen LogP contribution >= 0.6 is 0 Å². The Bertz CT molecular complexity index is 333. The Balaban J connectivity index is 2.82. The van der Waals surface area contributed by atoms with E-state index in [1.54, 1.807) is 13.0 Å². The quantitative estimate of drug-likeness (QED) is 0.651. The van der Waals surface area contributed by atoms with Crippen LogP contribution in [0.15, 0.2) is 0 Å². The molecule has 2 atom stereocenters. The van der Waals surface area contributed by atoms with Crippen molar-refractivity contribution in [1.82, 2.24) is 4.31 Å². The fourth-order valence-corrected chi connectivity index (χ4v) is 2.82. The summed E-state index contributed by atoms with van der Waals surface area (Å²) in [6.07, 6.45) is -0.114. The Morgan fingerprint density at radius 1 is 1.57 bits per heavy atom. The van der Waals surface area contributed by atoms with Crippen LogP contribution in [-0.2, 0) is 14.8 Å². The number of hydrogen-bond donors (Lipinski definition) is 0. The van der Waals surface area contributed by atoms with E-state index < -0.39 is 15.8 Å². The van der Waals surface area contributed by atoms with Gasteiger partial charge in [-0.25, -0.2) is 8.42 Å². The van der Waals surface area contributed by atoms with E-state index >= 15 is 0 Å². The van der Waals surface area contributed by atoms with Crippen LogP contribution in [0.4, 0.5) is 0 Å². The molecular weight excluding hydrogens is 204 g/mol. The summed E-state index contributed by atoms with van der Waals surface area (Å²) in [5.41, 5.74) is 0. The Morgan fingerprint density at radius 2 is 2.21 bits per heavy atom. The second kappa shape index (κ2) is 4.26. The first-order chi connectivity index (χ1) is 6.49. The molecule has 6 heteroatoms. The molecule has 0 aromatic heterocycles. The molecule has 1 aliphatic heterocycles. The molecule has 1 heterocycles. The molecule has 14 heavy (non-hydrogen) atoms. The Morgan fingerprint density at radius 3 is 2.79 bits per heavy atom. The van der Waals surface area contributed by atoms with Gasteiger partial charge in [0.1, 0.15) is 0 Å². The van der Waals surface area contributed by atoms with Gasteiger partial charge in [0.2, 0.25) is 10.0 Å². The number of sulfonamides is 1. The SMILES string of the molecule is CC1OCCN(S(=O)(=O)CC#N)C1C. The molecule has 0 radical (unpaired) electrons. The van der Waals surface area contributed by atoms with E-state index in [-0.39, 0.29) is 12.1 Å². The van der Waals surface area contributed by atoms with Crippen molar-refractivity contribution in [3.05, 3.63) is 0 Å². The lowest BCUT2D eigenvalue weighted by Crippen LogP contribution is -2.51. The molecule has 0 aromatic carbocycles. The van der Waals surface area contributed by atoms with Gasteiger partial charge in [0.05, 0.1) is 18.8 Å². The molecule has 80 valence electrons. The standard InChI is InChI=1S/C8H14N2O3S/c1-7-8(2)13-5-4-10(7)14(11,12)6-3-9/h7-8H,4-6H2,1-2H3. The van der Waals surface area contributed by atoms with Crippen molar-refractivity contribution < 1.29 is 13.2 Å². The molecule has 0 bridgehead atoms. The molecule has 1 rings (SSSR count). The van der Waals surface area contributed by atoms with Crippen molar-refractivity contribution in [1.29, 1.82) is 5.26 Å². The van der Waals surface area contributed by atoms with E-state index in [0.717, 1.165) is 0 Å². The van der Waals surface area contributed by atoms with Crippen molar-refractivity contribution in [2.45, 2.75) is 26.0 Å². The Kier molecular flexibility index (Phi) is 3.48. The van der Waals surface area contributed by atoms with Crippen LogP contribution in [0.25, 0.3) is 0 Å². The highest BCUT2D eigenvalue weighted by Gasteiger charge is 2.33. The highest BCUT2D eigenvalue weighted by atomic mass is 32.2. The van der Waals surface area contributed by atoms with Gasteiger partial charge < -0.3 is 4.74 Å². The highest BCUT2D eigenvalue weighted by Crippen LogP contribution is 2.17. The Hall–Kier alpha value is -0.640. The largest absolute Gasteiger partial charge is 0.375 e. The number of morpholine rings is 1. The maximum Gasteiger partial charge on any atom is 0.227 e. The molecule has 0 spiro atoms. The van der Waals surface area contributed by atoms with Gasteiger partial charge in [0.15, 0.2) is 5.75 Å². The fraction of sp³-hybridized carbons (Fsp3) is 0.875. The van der Waals surface area contributed by atoms with Crippen molar-refractivity contribution in [3.63, 3.8) is 0 Å². The predicted octanol–water partition coefficient (Wildman–Crippen LogP) is -0.0510. The van der Waals surface area contributed by atoms with E-state index in [1.165, 1.54) is 4.31 Å². The third-order valence-electron chi connectivity index (χ3n) is 2.43. The van der Waals surface area contributed by atoms with Crippen LogP contribution in [0.3, 0.4) is 0 Å². The van der Waals surface area contributed by atoms with Gasteiger partial charge >= 0.3 is 0 Å². The highest BCUT2D eigenvalue weighted by molar-refractivity contribution is 7.89. The molecule has 0 aliphatic carbocycles. The minimum atomic E-state index is -3.42. The van der Waals surface area contributed by atoms with Gasteiger partial charge in [-0.2, -0.15) is 9.57 Å². The number of nitriles is 1. The van der Waals surface area contributed by atoms with Crippen LogP contribution < -0.4 is 0 Å². The summed E-state index contributed by atoms with van der Waals surface area (Å²) >= 11 is 0. The summed E-state index contributed by atoms with van der Waals surface area (Å²) in [5.74, 6) is -0.454. The minimum absolute atomic E-state index is 0.114. The van der Waals surface area contributed by atoms with Gasteiger partial charge in [0, 0.05) is 12.6 Å². The third-order valence-corrected chi connectivity index (χ3v) is 4.15. The lowest BCUT2D eigenvalue weighted by molar-refractivity contribution is -0.0230. The number of nitrogens with zero attached hydrogens (tertiary/aromatic N) is 2. The summed E-state index contributed by atoms with van der Waals surface area (Å²) in [4.78, 5) is 0. The van der Waals surface area contributed by atoms with Gasteiger partial charge in [0.25, 0.3) is 0 Å². The molecule has 5 nitrogen and oxygen atoms in total. The summed E-state index contributed by atoms with van der Waals surface area (Å²) in [6, 6.07) is 1.48. The molecule has 1 aliphatic rings. The van der Waals surface area contributed by atoms with Gasteiger partial charge in [-0.1, -0.05) is 0 Å². The molecule has 1 fully saturated rings. The zero-order valence-corrected chi connectivity index (χ0v) is 9.12. The average Bonchev–Trinajstić information content (AvgIpc) is 2.09. The first-order valence-electron chi connectivity index (χ1n) is 4.47. The van der Waals surface area contributed by atoms with Crippen LogP contribution in [-0.4, -0.2) is 43.8 Å². The molecule has 0 amide bonds. The van der Waals surface area contributed by atoms with Crippen molar-refractivity contribution >= 4 is 10.0 Å². The van der Waals surface area contributed by atoms with Gasteiger partial charge in [-0.05, 0) is 13.8 Å². The zero-order valence-electron chi connectivity index (χ0n) is 8.30. The van der Waals surface area contributed by atoms with Crippen molar-refractivity contribution in [3.8, 4) is 6.07 Å². The van der Waals surface area contributed by atoms with E-state index in [0.29, 0.717) is 13.2 Å². The monoisotopic (exact) mass is 218 g/mol. The maximum absolute atomic E-state index is 11.6. The van der Waals surface area contributed by atoms with Crippen LogP contribution in [0.2, 0.25) is 0 Å². The molecule has 0 aromatic rings. The van der Waals surface area contributed by atoms with E-state index in [2.05, 4.69) is 0 Å². The summed E-state index contributed by atoms with van der Waals surface area (Å²) in [6.45, 7) is 4.36. The van der Waals surface area contributed by atoms with Crippen molar-refractivity contribution in [2.75, 3.05) is 18.9 Å². The summed E-state index contributed by atoms with van der Waals surface area (Å²) < 4.78 is 29.8. The maximum atomic E-state index is 11.6. The summed E-state index contributed by atoms with van der Waals surface area (Å²) in [7, 11) is -3.42. The van der Waals surface area contributed by atoms with Gasteiger partial charge in [-0.15, -0.1) is 0 Å². The zero-order chi connectivity index (χ0) is 10.8. The lowest BCUT2D eigenvalue weighted by Gasteiger charge is -2.36. The molecule has 0 N–H and O–H groups in total. The molecular formula is C8H14N2O3S. The van der Waals surface area contributed by atoms with Crippen LogP contribution in [0, 0.1) is 11.3 Å². The van der Waals surface area contributed by atoms with Crippen molar-refractivity contribution in [2.24, 2.45) is 0 Å². The minimum Gasteiger partial charge on any atom is -0.375 e.